The fourth-order valence-corrected chi connectivity index (χ4v) is 5.12. The van der Waals surface area contributed by atoms with Gasteiger partial charge in [-0.3, -0.25) is 4.79 Å². The molecule has 1 aliphatic rings. The van der Waals surface area contributed by atoms with Gasteiger partial charge in [0, 0.05) is 31.5 Å². The van der Waals surface area contributed by atoms with E-state index in [0.717, 1.165) is 52.9 Å². The summed E-state index contributed by atoms with van der Waals surface area (Å²) in [7, 11) is 1.62. The molecule has 0 bridgehead atoms. The first-order valence-electron chi connectivity index (χ1n) is 10.2. The Morgan fingerprint density at radius 1 is 1.06 bits per heavy atom. The lowest BCUT2D eigenvalue weighted by atomic mass is 10.2. The van der Waals surface area contributed by atoms with E-state index in [9.17, 15) is 4.79 Å². The van der Waals surface area contributed by atoms with Crippen molar-refractivity contribution in [2.45, 2.75) is 0 Å². The molecule has 0 spiro atoms. The average molecular weight is 467 g/mol. The monoisotopic (exact) mass is 466 g/mol. The lowest BCUT2D eigenvalue weighted by Gasteiger charge is -2.29. The smallest absolute Gasteiger partial charge is 0.254 e. The van der Waals surface area contributed by atoms with Crippen molar-refractivity contribution in [2.24, 2.45) is 0 Å². The van der Waals surface area contributed by atoms with E-state index >= 15 is 0 Å². The lowest BCUT2D eigenvalue weighted by Crippen LogP contribution is -2.36. The number of ether oxygens (including phenoxy) is 1. The molecule has 1 amide bonds. The summed E-state index contributed by atoms with van der Waals surface area (Å²) in [6, 6.07) is 12.0. The fraction of sp³-hybridized carbons (Fsp3) is 0.227. The Bertz CT molecular complexity index is 1250. The molecule has 1 aliphatic heterocycles. The van der Waals surface area contributed by atoms with E-state index in [2.05, 4.69) is 38.0 Å². The molecule has 8 nitrogen and oxygen atoms in total. The fourth-order valence-electron chi connectivity index (χ4n) is 3.56. The highest BCUT2D eigenvalue weighted by Crippen LogP contribution is 2.33. The largest absolute Gasteiger partial charge is 0.378 e. The van der Waals surface area contributed by atoms with Gasteiger partial charge in [0.2, 0.25) is 5.95 Å². The highest BCUT2D eigenvalue weighted by Gasteiger charge is 2.16. The molecule has 0 unspecified atom stereocenters. The molecule has 0 radical (unpaired) electrons. The molecule has 0 atom stereocenters. The van der Waals surface area contributed by atoms with Crippen molar-refractivity contribution < 1.29 is 9.53 Å². The van der Waals surface area contributed by atoms with Crippen molar-refractivity contribution in [3.63, 3.8) is 0 Å². The van der Waals surface area contributed by atoms with Crippen LogP contribution in [0.25, 0.3) is 10.2 Å². The number of carbonyl (C=O) groups is 1. The molecule has 32 heavy (non-hydrogen) atoms. The zero-order valence-electron chi connectivity index (χ0n) is 17.4. The molecule has 164 valence electrons. The van der Waals surface area contributed by atoms with Crippen LogP contribution in [0.3, 0.4) is 0 Å². The second-order valence-corrected chi connectivity index (χ2v) is 9.01. The van der Waals surface area contributed by atoms with Crippen LogP contribution < -0.4 is 20.9 Å². The topological polar surface area (TPSA) is 91.4 Å². The molecule has 4 aromatic rings. The van der Waals surface area contributed by atoms with Crippen molar-refractivity contribution in [1.82, 2.24) is 15.3 Å². The number of amides is 1. The maximum Gasteiger partial charge on any atom is 0.254 e. The standard InChI is InChI=1S/C22H22N6O2S2/c1-23-20(29)16-5-11-32-21(16)26-19-18-17(6-12-31-18)25-22(27-19)24-14-3-2-4-15(13-14)28-7-9-30-10-8-28/h2-6,11-13H,7-10H2,1H3,(H,23,29)(H2,24,25,26,27). The van der Waals surface area contributed by atoms with Crippen molar-refractivity contribution in [3.05, 3.63) is 52.7 Å². The number of thiophene rings is 2. The van der Waals surface area contributed by atoms with Crippen LogP contribution in [-0.2, 0) is 4.74 Å². The highest BCUT2D eigenvalue weighted by molar-refractivity contribution is 7.18. The quantitative estimate of drug-likeness (QED) is 0.387. The first-order valence-corrected chi connectivity index (χ1v) is 12.0. The van der Waals surface area contributed by atoms with Gasteiger partial charge in [-0.1, -0.05) is 6.07 Å². The molecule has 0 saturated carbocycles. The van der Waals surface area contributed by atoms with Gasteiger partial charge in [-0.2, -0.15) is 4.98 Å². The maximum absolute atomic E-state index is 12.2. The second kappa shape index (κ2) is 9.11. The van der Waals surface area contributed by atoms with Gasteiger partial charge in [0.1, 0.15) is 5.00 Å². The van der Waals surface area contributed by atoms with E-state index in [1.807, 2.05) is 29.0 Å². The van der Waals surface area contributed by atoms with Crippen molar-refractivity contribution in [1.29, 1.82) is 0 Å². The van der Waals surface area contributed by atoms with Gasteiger partial charge in [0.25, 0.3) is 5.91 Å². The summed E-state index contributed by atoms with van der Waals surface area (Å²) < 4.78 is 6.40. The molecule has 3 N–H and O–H groups in total. The third kappa shape index (κ3) is 4.24. The Morgan fingerprint density at radius 3 is 2.75 bits per heavy atom. The van der Waals surface area contributed by atoms with Gasteiger partial charge in [0.05, 0.1) is 29.0 Å². The number of morpholine rings is 1. The molecular formula is C22H22N6O2S2. The molecule has 3 aromatic heterocycles. The minimum absolute atomic E-state index is 0.136. The van der Waals surface area contributed by atoms with E-state index in [-0.39, 0.29) is 5.91 Å². The van der Waals surface area contributed by atoms with Crippen LogP contribution in [0, 0.1) is 0 Å². The van der Waals surface area contributed by atoms with E-state index in [1.165, 1.54) is 11.3 Å². The molecule has 10 heteroatoms. The number of hydrogen-bond acceptors (Lipinski definition) is 9. The summed E-state index contributed by atoms with van der Waals surface area (Å²) in [5, 5.41) is 14.0. The van der Waals surface area contributed by atoms with Crippen LogP contribution in [0.1, 0.15) is 10.4 Å². The third-order valence-electron chi connectivity index (χ3n) is 5.15. The summed E-state index contributed by atoms with van der Waals surface area (Å²) in [6.45, 7) is 3.24. The number of aromatic nitrogens is 2. The summed E-state index contributed by atoms with van der Waals surface area (Å²) in [4.78, 5) is 23.9. The van der Waals surface area contributed by atoms with Crippen molar-refractivity contribution in [3.8, 4) is 0 Å². The summed E-state index contributed by atoms with van der Waals surface area (Å²) in [5.74, 6) is 1.03. The molecule has 4 heterocycles. The van der Waals surface area contributed by atoms with E-state index in [0.29, 0.717) is 17.3 Å². The normalized spacial score (nSPS) is 13.8. The van der Waals surface area contributed by atoms with Crippen LogP contribution in [0.2, 0.25) is 0 Å². The van der Waals surface area contributed by atoms with Gasteiger partial charge in [-0.25, -0.2) is 4.98 Å². The van der Waals surface area contributed by atoms with Gasteiger partial charge >= 0.3 is 0 Å². The zero-order valence-corrected chi connectivity index (χ0v) is 19.1. The minimum Gasteiger partial charge on any atom is -0.378 e. The van der Waals surface area contributed by atoms with Gasteiger partial charge in [-0.05, 0) is 41.1 Å². The van der Waals surface area contributed by atoms with E-state index in [4.69, 9.17) is 9.72 Å². The number of carbonyl (C=O) groups excluding carboxylic acids is 1. The first kappa shape index (κ1) is 20.7. The molecule has 1 saturated heterocycles. The van der Waals surface area contributed by atoms with Gasteiger partial charge in [0.15, 0.2) is 5.82 Å². The molecule has 1 fully saturated rings. The number of nitrogens with zero attached hydrogens (tertiary/aromatic N) is 3. The van der Waals surface area contributed by atoms with Gasteiger partial charge < -0.3 is 25.6 Å². The van der Waals surface area contributed by atoms with Crippen LogP contribution in [0.4, 0.5) is 28.1 Å². The molecule has 1 aromatic carbocycles. The zero-order chi connectivity index (χ0) is 21.9. The first-order chi connectivity index (χ1) is 15.7. The summed E-state index contributed by atoms with van der Waals surface area (Å²) in [6.07, 6.45) is 0. The Labute approximate surface area is 193 Å². The number of hydrogen-bond donors (Lipinski definition) is 3. The Morgan fingerprint density at radius 2 is 1.91 bits per heavy atom. The second-order valence-electron chi connectivity index (χ2n) is 7.17. The van der Waals surface area contributed by atoms with Crippen LogP contribution in [-0.4, -0.2) is 49.2 Å². The average Bonchev–Trinajstić information content (AvgIpc) is 3.49. The molecule has 0 aliphatic carbocycles. The van der Waals surface area contributed by atoms with Crippen molar-refractivity contribution >= 4 is 66.9 Å². The summed E-state index contributed by atoms with van der Waals surface area (Å²) >= 11 is 3.03. The predicted molar refractivity (Wildman–Crippen MR) is 131 cm³/mol. The minimum atomic E-state index is -0.136. The van der Waals surface area contributed by atoms with E-state index in [1.54, 1.807) is 24.5 Å². The number of rotatable bonds is 6. The lowest BCUT2D eigenvalue weighted by molar-refractivity contribution is 0.0964. The molecular weight excluding hydrogens is 444 g/mol. The van der Waals surface area contributed by atoms with Crippen LogP contribution in [0.5, 0.6) is 0 Å². The van der Waals surface area contributed by atoms with Crippen LogP contribution >= 0.6 is 22.7 Å². The number of benzene rings is 1. The Balaban J connectivity index is 1.44. The Kier molecular flexibility index (Phi) is 5.89. The number of nitrogens with one attached hydrogen (secondary N) is 3. The summed E-state index contributed by atoms with van der Waals surface area (Å²) in [5.41, 5.74) is 3.49. The number of anilines is 5. The van der Waals surface area contributed by atoms with Crippen molar-refractivity contribution in [2.75, 3.05) is 48.9 Å². The number of fused-ring (bicyclic) bond motifs is 1. The maximum atomic E-state index is 12.2. The molecule has 5 rings (SSSR count). The van der Waals surface area contributed by atoms with E-state index < -0.39 is 0 Å². The predicted octanol–water partition coefficient (Wildman–Crippen LogP) is 4.44. The van der Waals surface area contributed by atoms with Gasteiger partial charge in [-0.15, -0.1) is 22.7 Å². The van der Waals surface area contributed by atoms with Crippen LogP contribution in [0.15, 0.2) is 47.2 Å². The SMILES string of the molecule is CNC(=O)c1ccsc1Nc1nc(Nc2cccc(N3CCOCC3)c2)nc2ccsc12. The Hall–Kier alpha value is -3.21. The third-order valence-corrected chi connectivity index (χ3v) is 6.89. The highest BCUT2D eigenvalue weighted by atomic mass is 32.1.